The summed E-state index contributed by atoms with van der Waals surface area (Å²) >= 11 is 0. The molecule has 0 radical (unpaired) electrons. The van der Waals surface area contributed by atoms with Crippen LogP contribution in [0.1, 0.15) is 23.2 Å². The predicted octanol–water partition coefficient (Wildman–Crippen LogP) is 1.35. The van der Waals surface area contributed by atoms with Crippen LogP contribution in [0.3, 0.4) is 0 Å². The molecular weight excluding hydrogens is 272 g/mol. The Labute approximate surface area is 113 Å². The Hall–Kier alpha value is -2.09. The zero-order valence-corrected chi connectivity index (χ0v) is 10.5. The smallest absolute Gasteiger partial charge is 0.305 e. The summed E-state index contributed by atoms with van der Waals surface area (Å²) < 4.78 is 27.4. The van der Waals surface area contributed by atoms with E-state index in [1.807, 2.05) is 0 Å². The number of nitrogens with one attached hydrogen (secondary N) is 2. The molecule has 0 aromatic heterocycles. The van der Waals surface area contributed by atoms with Gasteiger partial charge in [0, 0.05) is 18.7 Å². The lowest BCUT2D eigenvalue weighted by Gasteiger charge is -2.23. The first-order valence-corrected chi connectivity index (χ1v) is 6.14. The predicted molar refractivity (Wildman–Crippen MR) is 66.4 cm³/mol. The number of nitro benzene ring substituents is 1. The van der Waals surface area contributed by atoms with Crippen molar-refractivity contribution >= 4 is 11.6 Å². The number of carbonyl (C=O) groups is 1. The molecule has 8 heteroatoms. The molecule has 2 N–H and O–H groups in total. The van der Waals surface area contributed by atoms with E-state index in [1.54, 1.807) is 0 Å². The van der Waals surface area contributed by atoms with E-state index >= 15 is 0 Å². The summed E-state index contributed by atoms with van der Waals surface area (Å²) in [5, 5.41) is 16.1. The summed E-state index contributed by atoms with van der Waals surface area (Å²) in [7, 11) is 0. The molecule has 20 heavy (non-hydrogen) atoms. The molecule has 1 saturated heterocycles. The lowest BCUT2D eigenvalue weighted by Crippen LogP contribution is -2.46. The maximum absolute atomic E-state index is 13.8. The second-order valence-corrected chi connectivity index (χ2v) is 4.53. The molecule has 1 fully saturated rings. The summed E-state index contributed by atoms with van der Waals surface area (Å²) in [6, 6.07) is 1.17. The minimum absolute atomic E-state index is 0.241. The molecule has 0 unspecified atom stereocenters. The third-order valence-corrected chi connectivity index (χ3v) is 3.13. The number of amides is 1. The number of benzene rings is 1. The van der Waals surface area contributed by atoms with Crippen LogP contribution in [0.25, 0.3) is 0 Å². The number of hydrogen-bond acceptors (Lipinski definition) is 4. The third kappa shape index (κ3) is 2.90. The summed E-state index contributed by atoms with van der Waals surface area (Å²) in [6.07, 6.45) is 1.53. The van der Waals surface area contributed by atoms with Crippen molar-refractivity contribution in [2.24, 2.45) is 0 Å². The maximum atomic E-state index is 13.8. The van der Waals surface area contributed by atoms with Crippen molar-refractivity contribution in [1.82, 2.24) is 10.6 Å². The van der Waals surface area contributed by atoms with E-state index in [0.29, 0.717) is 19.0 Å². The van der Waals surface area contributed by atoms with Gasteiger partial charge in [-0.05, 0) is 25.5 Å². The molecule has 1 aromatic carbocycles. The van der Waals surface area contributed by atoms with Crippen molar-refractivity contribution in [3.8, 4) is 0 Å². The van der Waals surface area contributed by atoms with Crippen LogP contribution in [0.2, 0.25) is 0 Å². The molecule has 1 aromatic rings. The molecule has 1 amide bonds. The highest BCUT2D eigenvalue weighted by atomic mass is 19.1. The lowest BCUT2D eigenvalue weighted by atomic mass is 10.1. The summed E-state index contributed by atoms with van der Waals surface area (Å²) in [6.45, 7) is 1.33. The van der Waals surface area contributed by atoms with Gasteiger partial charge in [-0.15, -0.1) is 0 Å². The summed E-state index contributed by atoms with van der Waals surface area (Å²) in [4.78, 5) is 21.5. The van der Waals surface area contributed by atoms with Crippen LogP contribution in [-0.4, -0.2) is 30.0 Å². The number of piperidine rings is 1. The molecule has 0 bridgehead atoms. The van der Waals surface area contributed by atoms with Gasteiger partial charge in [-0.25, -0.2) is 4.39 Å². The van der Waals surface area contributed by atoms with E-state index < -0.39 is 33.7 Å². The van der Waals surface area contributed by atoms with Gasteiger partial charge >= 0.3 is 5.69 Å². The standard InChI is InChI=1S/C12H13F2N3O3/c13-8-3-4-9(17(19)20)11(14)10(8)12(18)16-7-2-1-5-15-6-7/h3-4,7,15H,1-2,5-6H2,(H,16,18)/t7-/m1/s1. The lowest BCUT2D eigenvalue weighted by molar-refractivity contribution is -0.387. The molecule has 0 aliphatic carbocycles. The Balaban J connectivity index is 2.24. The molecule has 0 saturated carbocycles. The largest absolute Gasteiger partial charge is 0.348 e. The van der Waals surface area contributed by atoms with Crippen LogP contribution in [-0.2, 0) is 0 Å². The average molecular weight is 285 g/mol. The highest BCUT2D eigenvalue weighted by molar-refractivity contribution is 5.95. The first kappa shape index (κ1) is 14.3. The Kier molecular flexibility index (Phi) is 4.23. The zero-order valence-electron chi connectivity index (χ0n) is 10.5. The first-order valence-electron chi connectivity index (χ1n) is 6.14. The van der Waals surface area contributed by atoms with E-state index in [1.165, 1.54) is 0 Å². The molecule has 1 atom stereocenters. The van der Waals surface area contributed by atoms with Gasteiger partial charge in [0.1, 0.15) is 11.4 Å². The van der Waals surface area contributed by atoms with Gasteiger partial charge in [0.2, 0.25) is 5.82 Å². The van der Waals surface area contributed by atoms with Crippen LogP contribution in [0.5, 0.6) is 0 Å². The molecule has 0 spiro atoms. The molecule has 1 aliphatic heterocycles. The van der Waals surface area contributed by atoms with Crippen molar-refractivity contribution < 1.29 is 18.5 Å². The van der Waals surface area contributed by atoms with Gasteiger partial charge in [0.05, 0.1) is 4.92 Å². The van der Waals surface area contributed by atoms with E-state index in [4.69, 9.17) is 0 Å². The topological polar surface area (TPSA) is 84.3 Å². The number of nitro groups is 1. The van der Waals surface area contributed by atoms with Crippen LogP contribution in [0.4, 0.5) is 14.5 Å². The van der Waals surface area contributed by atoms with Crippen LogP contribution < -0.4 is 10.6 Å². The molecule has 2 rings (SSSR count). The second kappa shape index (κ2) is 5.91. The van der Waals surface area contributed by atoms with Crippen molar-refractivity contribution in [1.29, 1.82) is 0 Å². The Bertz CT molecular complexity index is 545. The van der Waals surface area contributed by atoms with Crippen LogP contribution >= 0.6 is 0 Å². The molecule has 1 heterocycles. The van der Waals surface area contributed by atoms with Gasteiger partial charge in [0.25, 0.3) is 5.91 Å². The summed E-state index contributed by atoms with van der Waals surface area (Å²) in [5.74, 6) is -3.54. The van der Waals surface area contributed by atoms with Crippen LogP contribution in [0.15, 0.2) is 12.1 Å². The van der Waals surface area contributed by atoms with Crippen LogP contribution in [0, 0.1) is 21.7 Å². The van der Waals surface area contributed by atoms with Gasteiger partial charge < -0.3 is 10.6 Å². The number of carbonyl (C=O) groups excluding carboxylic acids is 1. The van der Waals surface area contributed by atoms with Crippen molar-refractivity contribution in [3.63, 3.8) is 0 Å². The Morgan fingerprint density at radius 2 is 2.20 bits per heavy atom. The van der Waals surface area contributed by atoms with E-state index in [9.17, 15) is 23.7 Å². The highest BCUT2D eigenvalue weighted by Gasteiger charge is 2.27. The highest BCUT2D eigenvalue weighted by Crippen LogP contribution is 2.23. The monoisotopic (exact) mass is 285 g/mol. The molecule has 6 nitrogen and oxygen atoms in total. The minimum atomic E-state index is -1.45. The fourth-order valence-electron chi connectivity index (χ4n) is 2.12. The fourth-order valence-corrected chi connectivity index (χ4v) is 2.12. The molecule has 108 valence electrons. The maximum Gasteiger partial charge on any atom is 0.305 e. The zero-order chi connectivity index (χ0) is 14.7. The van der Waals surface area contributed by atoms with Crippen molar-refractivity contribution in [2.75, 3.05) is 13.1 Å². The number of hydrogen-bond donors (Lipinski definition) is 2. The summed E-state index contributed by atoms with van der Waals surface area (Å²) in [5.41, 5.74) is -1.83. The van der Waals surface area contributed by atoms with E-state index in [2.05, 4.69) is 10.6 Å². The molecule has 1 aliphatic rings. The van der Waals surface area contributed by atoms with Crippen molar-refractivity contribution in [2.45, 2.75) is 18.9 Å². The average Bonchev–Trinajstić information content (AvgIpc) is 2.39. The van der Waals surface area contributed by atoms with Gasteiger partial charge in [-0.3, -0.25) is 14.9 Å². The normalized spacial score (nSPS) is 18.6. The van der Waals surface area contributed by atoms with Gasteiger partial charge in [-0.2, -0.15) is 4.39 Å². The van der Waals surface area contributed by atoms with Gasteiger partial charge in [0.15, 0.2) is 0 Å². The van der Waals surface area contributed by atoms with E-state index in [0.717, 1.165) is 19.0 Å². The SMILES string of the molecule is O=C(N[C@@H]1CCCNC1)c1c(F)ccc([N+](=O)[O-])c1F. The second-order valence-electron chi connectivity index (χ2n) is 4.53. The number of nitrogens with zero attached hydrogens (tertiary/aromatic N) is 1. The quantitative estimate of drug-likeness (QED) is 0.648. The Morgan fingerprint density at radius 3 is 2.80 bits per heavy atom. The number of rotatable bonds is 3. The third-order valence-electron chi connectivity index (χ3n) is 3.13. The Morgan fingerprint density at radius 1 is 1.45 bits per heavy atom. The first-order chi connectivity index (χ1) is 9.50. The van der Waals surface area contributed by atoms with E-state index in [-0.39, 0.29) is 6.04 Å². The number of halogens is 2. The minimum Gasteiger partial charge on any atom is -0.348 e. The fraction of sp³-hybridized carbons (Fsp3) is 0.417. The van der Waals surface area contributed by atoms with Gasteiger partial charge in [-0.1, -0.05) is 0 Å². The van der Waals surface area contributed by atoms with Crippen molar-refractivity contribution in [3.05, 3.63) is 39.4 Å². The molecular formula is C12H13F2N3O3.